The molecule has 1 N–H and O–H groups in total. The zero-order valence-corrected chi connectivity index (χ0v) is 25.8. The summed E-state index contributed by atoms with van der Waals surface area (Å²) in [5, 5.41) is 11.6. The molecule has 0 unspecified atom stereocenters. The number of rotatable bonds is 14. The molecule has 6 nitrogen and oxygen atoms in total. The van der Waals surface area contributed by atoms with Gasteiger partial charge in [-0.25, -0.2) is 8.78 Å². The fraction of sp³-hybridized carbons (Fsp3) is 0.417. The maximum atomic E-state index is 14.1. The summed E-state index contributed by atoms with van der Waals surface area (Å²) in [7, 11) is 0. The molecule has 1 heterocycles. The fourth-order valence-corrected chi connectivity index (χ4v) is 6.18. The summed E-state index contributed by atoms with van der Waals surface area (Å²) in [4.78, 5) is 44.0. The van der Waals surface area contributed by atoms with E-state index < -0.39 is 29.6 Å². The number of likely N-dealkylation sites (tertiary alicyclic amines) is 1. The molecule has 0 aliphatic carbocycles. The minimum Gasteiger partial charge on any atom is -0.392 e. The van der Waals surface area contributed by atoms with Crippen LogP contribution < -0.4 is 0 Å². The normalized spacial score (nSPS) is 16.2. The molecule has 2 amide bonds. The lowest BCUT2D eigenvalue weighted by Crippen LogP contribution is -2.37. The van der Waals surface area contributed by atoms with E-state index in [1.165, 1.54) is 12.1 Å². The molecule has 1 fully saturated rings. The van der Waals surface area contributed by atoms with Gasteiger partial charge in [0.05, 0.1) is 12.0 Å². The lowest BCUT2D eigenvalue weighted by Gasteiger charge is -2.27. The van der Waals surface area contributed by atoms with Gasteiger partial charge in [0.25, 0.3) is 5.91 Å². The van der Waals surface area contributed by atoms with Crippen molar-refractivity contribution in [3.63, 3.8) is 0 Å². The Labute approximate surface area is 258 Å². The van der Waals surface area contributed by atoms with Crippen LogP contribution in [-0.4, -0.2) is 58.2 Å². The fourth-order valence-electron chi connectivity index (χ4n) is 6.18. The molecule has 3 aromatic carbocycles. The van der Waals surface area contributed by atoms with Crippen LogP contribution in [0.25, 0.3) is 0 Å². The van der Waals surface area contributed by atoms with Crippen molar-refractivity contribution < 1.29 is 28.3 Å². The Morgan fingerprint density at radius 2 is 1.57 bits per heavy atom. The Hall–Kier alpha value is -3.91. The van der Waals surface area contributed by atoms with Gasteiger partial charge >= 0.3 is 0 Å². The van der Waals surface area contributed by atoms with E-state index >= 15 is 0 Å². The van der Waals surface area contributed by atoms with Crippen LogP contribution in [0.1, 0.15) is 76.9 Å². The van der Waals surface area contributed by atoms with Gasteiger partial charge in [-0.05, 0) is 85.5 Å². The number of carbonyl (C=O) groups is 3. The molecule has 1 aliphatic rings. The lowest BCUT2D eigenvalue weighted by molar-refractivity contribution is -0.135. The van der Waals surface area contributed by atoms with E-state index in [9.17, 15) is 28.3 Å². The van der Waals surface area contributed by atoms with E-state index in [0.717, 1.165) is 30.0 Å². The van der Waals surface area contributed by atoms with Gasteiger partial charge in [0.15, 0.2) is 5.78 Å². The second-order valence-electron chi connectivity index (χ2n) is 11.9. The molecule has 234 valence electrons. The number of amides is 2. The van der Waals surface area contributed by atoms with Gasteiger partial charge < -0.3 is 14.9 Å². The van der Waals surface area contributed by atoms with Crippen LogP contribution in [0.5, 0.6) is 0 Å². The van der Waals surface area contributed by atoms with Gasteiger partial charge in [-0.3, -0.25) is 14.4 Å². The smallest absolute Gasteiger partial charge is 0.253 e. The zero-order chi connectivity index (χ0) is 31.8. The molecule has 0 saturated carbocycles. The van der Waals surface area contributed by atoms with Crippen molar-refractivity contribution in [3.8, 4) is 0 Å². The lowest BCUT2D eigenvalue weighted by atomic mass is 9.81. The molecule has 44 heavy (non-hydrogen) atoms. The standard InChI is InChI=1S/C36H42F2N2O4/c1-4-12-39(13-5-2)35(43)29-16-24(3)15-27(20-29)33(41)21-28(17-26-18-30(37)22-31(38)19-26)34(42)32-11-14-40(36(32)44)23-25-9-7-6-8-10-25/h6-10,15-16,18-20,22,28,32,34,42H,4-5,11-14,17,21,23H2,1-3H3/t28-,32+,34+/m1/s1. The number of carbonyl (C=O) groups excluding carboxylic acids is 3. The number of aryl methyl sites for hydroxylation is 1. The van der Waals surface area contributed by atoms with Crippen molar-refractivity contribution in [2.45, 2.75) is 65.5 Å². The van der Waals surface area contributed by atoms with E-state index in [2.05, 4.69) is 0 Å². The average Bonchev–Trinajstić information content (AvgIpc) is 3.34. The van der Waals surface area contributed by atoms with Crippen LogP contribution in [0.2, 0.25) is 0 Å². The molecule has 1 aliphatic heterocycles. The number of hydrogen-bond acceptors (Lipinski definition) is 4. The predicted octanol–water partition coefficient (Wildman–Crippen LogP) is 6.38. The van der Waals surface area contributed by atoms with E-state index in [-0.39, 0.29) is 30.4 Å². The Morgan fingerprint density at radius 1 is 0.932 bits per heavy atom. The van der Waals surface area contributed by atoms with Crippen molar-refractivity contribution >= 4 is 17.6 Å². The van der Waals surface area contributed by atoms with Gasteiger partial charge in [0, 0.05) is 49.8 Å². The molecule has 3 atom stereocenters. The highest BCUT2D eigenvalue weighted by Gasteiger charge is 2.40. The molecular formula is C36H42F2N2O4. The SMILES string of the molecule is CCCN(CCC)C(=O)c1cc(C)cc(C(=O)C[C@@H](Cc2cc(F)cc(F)c2)[C@H](O)[C@@H]2CCN(Cc3ccccc3)C2=O)c1. The van der Waals surface area contributed by atoms with E-state index in [0.29, 0.717) is 49.3 Å². The minimum absolute atomic E-state index is 0.00241. The Kier molecular flexibility index (Phi) is 11.4. The third-order valence-corrected chi connectivity index (χ3v) is 8.24. The van der Waals surface area contributed by atoms with E-state index in [1.807, 2.05) is 51.1 Å². The molecule has 0 radical (unpaired) electrons. The molecule has 8 heteroatoms. The quantitative estimate of drug-likeness (QED) is 0.217. The highest BCUT2D eigenvalue weighted by atomic mass is 19.1. The molecule has 4 rings (SSSR count). The second kappa shape index (κ2) is 15.2. The maximum Gasteiger partial charge on any atom is 0.253 e. The highest BCUT2D eigenvalue weighted by molar-refractivity contribution is 6.01. The maximum absolute atomic E-state index is 14.1. The Balaban J connectivity index is 1.58. The number of Topliss-reactive ketones (excluding diaryl/α,β-unsaturated/α-hetero) is 1. The first kappa shape index (κ1) is 33.0. The highest BCUT2D eigenvalue weighted by Crippen LogP contribution is 2.31. The molecule has 0 bridgehead atoms. The van der Waals surface area contributed by atoms with E-state index in [4.69, 9.17) is 0 Å². The number of halogens is 2. The number of hydrogen-bond donors (Lipinski definition) is 1. The summed E-state index contributed by atoms with van der Waals surface area (Å²) in [6.45, 7) is 7.92. The summed E-state index contributed by atoms with van der Waals surface area (Å²) in [6, 6.07) is 17.8. The van der Waals surface area contributed by atoms with Crippen LogP contribution in [0.4, 0.5) is 8.78 Å². The van der Waals surface area contributed by atoms with Crippen LogP contribution in [0.15, 0.2) is 66.7 Å². The number of benzene rings is 3. The first-order valence-corrected chi connectivity index (χ1v) is 15.5. The molecule has 1 saturated heterocycles. The number of nitrogens with zero attached hydrogens (tertiary/aromatic N) is 2. The minimum atomic E-state index is -1.21. The average molecular weight is 605 g/mol. The van der Waals surface area contributed by atoms with Gasteiger partial charge in [0.1, 0.15) is 11.6 Å². The van der Waals surface area contributed by atoms with Crippen molar-refractivity contribution in [1.82, 2.24) is 9.80 Å². The van der Waals surface area contributed by atoms with Crippen LogP contribution in [0.3, 0.4) is 0 Å². The third kappa shape index (κ3) is 8.38. The molecular weight excluding hydrogens is 562 g/mol. The summed E-state index contributed by atoms with van der Waals surface area (Å²) >= 11 is 0. The Bertz CT molecular complexity index is 1440. The summed E-state index contributed by atoms with van der Waals surface area (Å²) in [6.07, 6.45) is 0.657. The van der Waals surface area contributed by atoms with Gasteiger partial charge in [-0.1, -0.05) is 44.2 Å². The Morgan fingerprint density at radius 3 is 2.20 bits per heavy atom. The molecule has 0 aromatic heterocycles. The first-order chi connectivity index (χ1) is 21.1. The first-order valence-electron chi connectivity index (χ1n) is 15.5. The van der Waals surface area contributed by atoms with Crippen molar-refractivity contribution in [2.24, 2.45) is 11.8 Å². The van der Waals surface area contributed by atoms with Gasteiger partial charge in [0.2, 0.25) is 5.91 Å². The predicted molar refractivity (Wildman–Crippen MR) is 166 cm³/mol. The summed E-state index contributed by atoms with van der Waals surface area (Å²) in [5.41, 5.74) is 2.76. The molecule has 0 spiro atoms. The van der Waals surface area contributed by atoms with Gasteiger partial charge in [-0.2, -0.15) is 0 Å². The third-order valence-electron chi connectivity index (χ3n) is 8.24. The number of ketones is 1. The molecule has 3 aromatic rings. The van der Waals surface area contributed by atoms with E-state index in [1.54, 1.807) is 28.0 Å². The van der Waals surface area contributed by atoms with Crippen LogP contribution in [0, 0.1) is 30.4 Å². The largest absolute Gasteiger partial charge is 0.392 e. The number of aliphatic hydroxyl groups is 1. The van der Waals surface area contributed by atoms with Gasteiger partial charge in [-0.15, -0.1) is 0 Å². The van der Waals surface area contributed by atoms with Crippen LogP contribution in [-0.2, 0) is 17.8 Å². The number of aliphatic hydroxyl groups excluding tert-OH is 1. The van der Waals surface area contributed by atoms with Crippen molar-refractivity contribution in [3.05, 3.63) is 106 Å². The van der Waals surface area contributed by atoms with Crippen molar-refractivity contribution in [2.75, 3.05) is 19.6 Å². The zero-order valence-electron chi connectivity index (χ0n) is 25.8. The summed E-state index contributed by atoms with van der Waals surface area (Å²) in [5.74, 6) is -3.71. The second-order valence-corrected chi connectivity index (χ2v) is 11.9. The monoisotopic (exact) mass is 604 g/mol. The topological polar surface area (TPSA) is 77.9 Å². The van der Waals surface area contributed by atoms with Crippen LogP contribution >= 0.6 is 0 Å². The van der Waals surface area contributed by atoms with Crippen molar-refractivity contribution in [1.29, 1.82) is 0 Å². The summed E-state index contributed by atoms with van der Waals surface area (Å²) < 4.78 is 28.2.